The monoisotopic (exact) mass is 599 g/mol. The number of alkyl halides is 1. The molecule has 3 heterocycles. The maximum Gasteiger partial charge on any atom is 0.248 e. The van der Waals surface area contributed by atoms with E-state index in [0.29, 0.717) is 30.2 Å². The molecule has 10 heteroatoms. The number of hydrogen-bond donors (Lipinski definition) is 3. The third-order valence-corrected chi connectivity index (χ3v) is 11.2. The molecule has 3 amide bonds. The van der Waals surface area contributed by atoms with Crippen LogP contribution in [0.3, 0.4) is 0 Å². The van der Waals surface area contributed by atoms with Crippen molar-refractivity contribution in [1.82, 2.24) is 10.2 Å². The number of anilines is 1. The van der Waals surface area contributed by atoms with Crippen LogP contribution in [0.15, 0.2) is 18.2 Å². The summed E-state index contributed by atoms with van der Waals surface area (Å²) in [5.41, 5.74) is 1.41. The minimum Gasteiger partial charge on any atom is -0.396 e. The number of nitrogens with zero attached hydrogens (tertiary/aromatic N) is 1. The molecule has 3 aliphatic heterocycles. The molecule has 0 aromatic heterocycles. The Morgan fingerprint density at radius 3 is 2.69 bits per heavy atom. The van der Waals surface area contributed by atoms with Crippen molar-refractivity contribution in [2.45, 2.75) is 73.2 Å². The molecule has 6 atom stereocenters. The van der Waals surface area contributed by atoms with Crippen LogP contribution in [0.2, 0.25) is 5.02 Å². The summed E-state index contributed by atoms with van der Waals surface area (Å²) in [6.45, 7) is 5.05. The highest BCUT2D eigenvalue weighted by Crippen LogP contribution is 2.67. The predicted molar refractivity (Wildman–Crippen MR) is 148 cm³/mol. The summed E-state index contributed by atoms with van der Waals surface area (Å²) in [5.74, 6) is -1.44. The quantitative estimate of drug-likeness (QED) is 0.262. The van der Waals surface area contributed by atoms with E-state index in [4.69, 9.17) is 16.7 Å². The highest BCUT2D eigenvalue weighted by molar-refractivity contribution is 9.09. The standard InChI is InChI=1S/C26H35BrClN3O4S/c1-3-11-29-23(33)18-19-25(35)31(12-6-4-5-7-13-32)22(26(19)14-16(27)21(18)36-26)24(34)30-20-15(2)9-8-10-17(20)28/h8-10,16,18-19,21-22,32H,3-7,11-14H2,1-2H3,(H,29,33)(H,30,34)/t16?,18-,19-,21-,22?,26?/m0/s1. The van der Waals surface area contributed by atoms with Crippen LogP contribution in [0.25, 0.3) is 0 Å². The van der Waals surface area contributed by atoms with Crippen molar-refractivity contribution < 1.29 is 19.5 Å². The number of aliphatic hydroxyl groups excluding tert-OH is 1. The summed E-state index contributed by atoms with van der Waals surface area (Å²) in [4.78, 5) is 43.0. The van der Waals surface area contributed by atoms with E-state index >= 15 is 0 Å². The highest BCUT2D eigenvalue weighted by Gasteiger charge is 2.75. The molecule has 3 aliphatic rings. The number of fused-ring (bicyclic) bond motifs is 1. The van der Waals surface area contributed by atoms with E-state index in [2.05, 4.69) is 26.6 Å². The lowest BCUT2D eigenvalue weighted by molar-refractivity contribution is -0.139. The molecular formula is C26H35BrClN3O4S. The van der Waals surface area contributed by atoms with Gasteiger partial charge in [-0.3, -0.25) is 14.4 Å². The fourth-order valence-electron chi connectivity index (χ4n) is 6.07. The summed E-state index contributed by atoms with van der Waals surface area (Å²) >= 11 is 11.8. The summed E-state index contributed by atoms with van der Waals surface area (Å²) < 4.78 is -0.672. The van der Waals surface area contributed by atoms with Gasteiger partial charge in [0.25, 0.3) is 0 Å². The number of carbonyl (C=O) groups is 3. The Bertz CT molecular complexity index is 993. The van der Waals surface area contributed by atoms with Crippen molar-refractivity contribution in [3.8, 4) is 0 Å². The predicted octanol–water partition coefficient (Wildman–Crippen LogP) is 4.13. The molecule has 2 bridgehead atoms. The van der Waals surface area contributed by atoms with Gasteiger partial charge in [-0.2, -0.15) is 0 Å². The number of carbonyl (C=O) groups excluding carboxylic acids is 3. The van der Waals surface area contributed by atoms with Gasteiger partial charge in [0.1, 0.15) is 6.04 Å². The van der Waals surface area contributed by atoms with Gasteiger partial charge in [-0.1, -0.05) is 59.4 Å². The minimum atomic E-state index is -0.692. The van der Waals surface area contributed by atoms with Gasteiger partial charge in [0.2, 0.25) is 17.7 Å². The lowest BCUT2D eigenvalue weighted by Crippen LogP contribution is -2.53. The fraction of sp³-hybridized carbons (Fsp3) is 0.654. The number of benzene rings is 1. The average Bonchev–Trinajstić information content (AvgIpc) is 3.43. The third kappa shape index (κ3) is 4.93. The molecule has 3 unspecified atom stereocenters. The summed E-state index contributed by atoms with van der Waals surface area (Å²) in [6, 6.07) is 4.77. The van der Waals surface area contributed by atoms with Crippen LogP contribution in [0.4, 0.5) is 5.69 Å². The number of thioether (sulfide) groups is 1. The van der Waals surface area contributed by atoms with Crippen molar-refractivity contribution in [3.05, 3.63) is 28.8 Å². The van der Waals surface area contributed by atoms with Gasteiger partial charge in [0.15, 0.2) is 0 Å². The first-order chi connectivity index (χ1) is 17.3. The molecule has 1 aromatic carbocycles. The number of likely N-dealkylation sites (tertiary alicyclic amines) is 1. The van der Waals surface area contributed by atoms with Crippen molar-refractivity contribution in [3.63, 3.8) is 0 Å². The number of amides is 3. The number of nitrogens with one attached hydrogen (secondary N) is 2. The third-order valence-electron chi connectivity index (χ3n) is 7.67. The van der Waals surface area contributed by atoms with Crippen LogP contribution in [-0.4, -0.2) is 68.3 Å². The Morgan fingerprint density at radius 2 is 2.00 bits per heavy atom. The first-order valence-electron chi connectivity index (χ1n) is 12.8. The van der Waals surface area contributed by atoms with E-state index in [0.717, 1.165) is 37.7 Å². The van der Waals surface area contributed by atoms with Gasteiger partial charge < -0.3 is 20.6 Å². The Balaban J connectivity index is 1.66. The lowest BCUT2D eigenvalue weighted by Gasteiger charge is -2.35. The van der Waals surface area contributed by atoms with E-state index in [1.54, 1.807) is 22.7 Å². The number of aryl methyl sites for hydroxylation is 1. The zero-order valence-electron chi connectivity index (χ0n) is 20.8. The molecule has 1 aromatic rings. The van der Waals surface area contributed by atoms with Crippen molar-refractivity contribution in [2.24, 2.45) is 11.8 Å². The summed E-state index contributed by atoms with van der Waals surface area (Å²) in [6.07, 6.45) is 4.65. The van der Waals surface area contributed by atoms with Crippen LogP contribution in [-0.2, 0) is 14.4 Å². The smallest absolute Gasteiger partial charge is 0.248 e. The molecule has 1 spiro atoms. The van der Waals surface area contributed by atoms with Crippen LogP contribution < -0.4 is 10.6 Å². The van der Waals surface area contributed by atoms with Crippen LogP contribution in [0.1, 0.15) is 51.0 Å². The van der Waals surface area contributed by atoms with Crippen LogP contribution in [0, 0.1) is 18.8 Å². The van der Waals surface area contributed by atoms with Crippen molar-refractivity contribution >= 4 is 62.7 Å². The number of hydrogen-bond acceptors (Lipinski definition) is 5. The Kier molecular flexibility index (Phi) is 8.95. The van der Waals surface area contributed by atoms with Gasteiger partial charge >= 0.3 is 0 Å². The Hall–Kier alpha value is -1.29. The molecule has 3 saturated heterocycles. The van der Waals surface area contributed by atoms with E-state index < -0.39 is 22.6 Å². The van der Waals surface area contributed by atoms with Gasteiger partial charge in [0.05, 0.1) is 27.3 Å². The maximum absolute atomic E-state index is 14.0. The van der Waals surface area contributed by atoms with Crippen molar-refractivity contribution in [2.75, 3.05) is 25.0 Å². The zero-order chi connectivity index (χ0) is 26.0. The zero-order valence-corrected chi connectivity index (χ0v) is 23.9. The second-order valence-electron chi connectivity index (χ2n) is 10.0. The number of halogens is 2. The highest BCUT2D eigenvalue weighted by atomic mass is 79.9. The normalized spacial score (nSPS) is 30.5. The van der Waals surface area contributed by atoms with E-state index in [9.17, 15) is 14.4 Å². The molecule has 4 rings (SSSR count). The molecule has 3 N–H and O–H groups in total. The molecule has 36 heavy (non-hydrogen) atoms. The minimum absolute atomic E-state index is 0.0470. The van der Waals surface area contributed by atoms with Gasteiger partial charge in [-0.05, 0) is 44.2 Å². The Morgan fingerprint density at radius 1 is 1.25 bits per heavy atom. The molecule has 0 aliphatic carbocycles. The summed E-state index contributed by atoms with van der Waals surface area (Å²) in [7, 11) is 0. The Labute approximate surface area is 230 Å². The van der Waals surface area contributed by atoms with Gasteiger partial charge in [0, 0.05) is 29.8 Å². The van der Waals surface area contributed by atoms with Gasteiger partial charge in [-0.15, -0.1) is 11.8 Å². The van der Waals surface area contributed by atoms with E-state index in [1.807, 2.05) is 26.0 Å². The molecular weight excluding hydrogens is 566 g/mol. The number of unbranched alkanes of at least 4 members (excludes halogenated alkanes) is 3. The van der Waals surface area contributed by atoms with Gasteiger partial charge in [-0.25, -0.2) is 0 Å². The SMILES string of the molecule is CCCNC(=O)[C@H]1[C@H]2C(=O)N(CCCCCCO)C(C(=O)Nc3c(C)cccc3Cl)C23CC(Br)[C@@H]1S3. The number of para-hydroxylation sites is 1. The first kappa shape index (κ1) is 27.7. The lowest BCUT2D eigenvalue weighted by atomic mass is 9.70. The first-order valence-corrected chi connectivity index (χ1v) is 15.0. The second kappa shape index (κ2) is 11.6. The topological polar surface area (TPSA) is 98.7 Å². The van der Waals surface area contributed by atoms with Crippen molar-refractivity contribution in [1.29, 1.82) is 0 Å². The largest absolute Gasteiger partial charge is 0.396 e. The molecule has 0 radical (unpaired) electrons. The van der Waals surface area contributed by atoms with E-state index in [-0.39, 0.29) is 34.4 Å². The maximum atomic E-state index is 14.0. The van der Waals surface area contributed by atoms with E-state index in [1.165, 1.54) is 0 Å². The van der Waals surface area contributed by atoms with Crippen LogP contribution >= 0.6 is 39.3 Å². The molecule has 7 nitrogen and oxygen atoms in total. The molecule has 198 valence electrons. The van der Waals surface area contributed by atoms with Crippen LogP contribution in [0.5, 0.6) is 0 Å². The summed E-state index contributed by atoms with van der Waals surface area (Å²) in [5, 5.41) is 15.5. The fourth-order valence-corrected chi connectivity index (χ4v) is 9.95. The molecule has 3 fully saturated rings. The number of rotatable bonds is 11. The molecule has 0 saturated carbocycles. The average molecular weight is 601 g/mol. The number of aliphatic hydroxyl groups is 1. The second-order valence-corrected chi connectivity index (χ2v) is 13.2.